The Labute approximate surface area is 102 Å². The number of sulfonamides is 1. The minimum atomic E-state index is -3.39. The molecule has 0 saturated heterocycles. The van der Waals surface area contributed by atoms with E-state index >= 15 is 0 Å². The van der Waals surface area contributed by atoms with E-state index in [-0.39, 0.29) is 10.9 Å². The number of H-pyrrole nitrogens is 1. The first-order chi connectivity index (χ1) is 8.01. The second-order valence-electron chi connectivity index (χ2n) is 4.80. The van der Waals surface area contributed by atoms with Crippen molar-refractivity contribution in [1.82, 2.24) is 9.71 Å². The third kappa shape index (κ3) is 2.88. The lowest BCUT2D eigenvalue weighted by Gasteiger charge is -2.11. The highest BCUT2D eigenvalue weighted by molar-refractivity contribution is 7.89. The Kier molecular flexibility index (Phi) is 3.56. The van der Waals surface area contributed by atoms with Crippen molar-refractivity contribution < 1.29 is 8.42 Å². The van der Waals surface area contributed by atoms with Gasteiger partial charge in [-0.1, -0.05) is 6.92 Å². The number of rotatable bonds is 4. The van der Waals surface area contributed by atoms with Crippen molar-refractivity contribution in [3.05, 3.63) is 18.0 Å². The molecule has 0 bridgehead atoms. The molecule has 17 heavy (non-hydrogen) atoms. The molecular weight excluding hydrogens is 238 g/mol. The van der Waals surface area contributed by atoms with Gasteiger partial charge in [-0.2, -0.15) is 0 Å². The molecule has 96 valence electrons. The minimum absolute atomic E-state index is 0.0752. The molecule has 0 radical (unpaired) electrons. The SMILES string of the molecule is CC1CCC(NS(=O)(=O)c2c[nH]c(CN)c2)C1. The van der Waals surface area contributed by atoms with Crippen LogP contribution in [-0.2, 0) is 16.6 Å². The van der Waals surface area contributed by atoms with Crippen LogP contribution in [0, 0.1) is 5.92 Å². The van der Waals surface area contributed by atoms with Crippen LogP contribution in [0.15, 0.2) is 17.2 Å². The molecular formula is C11H19N3O2S. The van der Waals surface area contributed by atoms with E-state index in [1.807, 2.05) is 0 Å². The van der Waals surface area contributed by atoms with E-state index in [1.54, 1.807) is 6.07 Å². The zero-order chi connectivity index (χ0) is 12.5. The second-order valence-corrected chi connectivity index (χ2v) is 6.52. The van der Waals surface area contributed by atoms with E-state index < -0.39 is 10.0 Å². The van der Waals surface area contributed by atoms with Crippen molar-refractivity contribution in [2.45, 2.75) is 43.7 Å². The number of aromatic nitrogens is 1. The molecule has 2 rings (SSSR count). The predicted molar refractivity (Wildman–Crippen MR) is 65.8 cm³/mol. The number of nitrogens with one attached hydrogen (secondary N) is 2. The maximum Gasteiger partial charge on any atom is 0.242 e. The lowest BCUT2D eigenvalue weighted by Crippen LogP contribution is -2.32. The van der Waals surface area contributed by atoms with Gasteiger partial charge in [0.1, 0.15) is 0 Å². The van der Waals surface area contributed by atoms with E-state index in [9.17, 15) is 8.42 Å². The van der Waals surface area contributed by atoms with Gasteiger partial charge in [0.05, 0.1) is 4.90 Å². The van der Waals surface area contributed by atoms with Crippen LogP contribution in [0.2, 0.25) is 0 Å². The number of nitrogens with two attached hydrogens (primary N) is 1. The highest BCUT2D eigenvalue weighted by Gasteiger charge is 2.26. The van der Waals surface area contributed by atoms with E-state index in [4.69, 9.17) is 5.73 Å². The molecule has 0 spiro atoms. The molecule has 0 aliphatic heterocycles. The van der Waals surface area contributed by atoms with Crippen LogP contribution in [0.3, 0.4) is 0 Å². The van der Waals surface area contributed by atoms with E-state index in [1.165, 1.54) is 6.20 Å². The van der Waals surface area contributed by atoms with Crippen molar-refractivity contribution in [1.29, 1.82) is 0 Å². The maximum atomic E-state index is 12.1. The van der Waals surface area contributed by atoms with E-state index in [0.717, 1.165) is 25.0 Å². The van der Waals surface area contributed by atoms with Crippen molar-refractivity contribution in [3.63, 3.8) is 0 Å². The molecule has 2 atom stereocenters. The van der Waals surface area contributed by atoms with Gasteiger partial charge in [-0.25, -0.2) is 13.1 Å². The molecule has 1 aromatic heterocycles. The quantitative estimate of drug-likeness (QED) is 0.750. The first-order valence-electron chi connectivity index (χ1n) is 5.91. The average molecular weight is 257 g/mol. The summed E-state index contributed by atoms with van der Waals surface area (Å²) in [4.78, 5) is 3.13. The fourth-order valence-corrected chi connectivity index (χ4v) is 3.59. The fraction of sp³-hybridized carbons (Fsp3) is 0.636. The number of hydrogen-bond donors (Lipinski definition) is 3. The van der Waals surface area contributed by atoms with Crippen LogP contribution in [0.25, 0.3) is 0 Å². The molecule has 1 saturated carbocycles. The third-order valence-electron chi connectivity index (χ3n) is 3.26. The first kappa shape index (κ1) is 12.6. The molecule has 0 amide bonds. The largest absolute Gasteiger partial charge is 0.363 e. The standard InChI is InChI=1S/C11H19N3O2S/c1-8-2-3-9(4-8)14-17(15,16)11-5-10(6-12)13-7-11/h5,7-9,13-14H,2-4,6,12H2,1H3. The van der Waals surface area contributed by atoms with Crippen molar-refractivity contribution in [2.75, 3.05) is 0 Å². The first-order valence-corrected chi connectivity index (χ1v) is 7.39. The van der Waals surface area contributed by atoms with Crippen LogP contribution >= 0.6 is 0 Å². The van der Waals surface area contributed by atoms with Crippen molar-refractivity contribution >= 4 is 10.0 Å². The molecule has 1 aliphatic carbocycles. The second kappa shape index (κ2) is 4.80. The average Bonchev–Trinajstić information content (AvgIpc) is 2.86. The summed E-state index contributed by atoms with van der Waals surface area (Å²) >= 11 is 0. The van der Waals surface area contributed by atoms with Crippen molar-refractivity contribution in [3.8, 4) is 0 Å². The Morgan fingerprint density at radius 2 is 2.29 bits per heavy atom. The smallest absolute Gasteiger partial charge is 0.242 e. The number of aromatic amines is 1. The molecule has 0 aromatic carbocycles. The van der Waals surface area contributed by atoms with Gasteiger partial charge in [0.2, 0.25) is 10.0 Å². The molecule has 6 heteroatoms. The summed E-state index contributed by atoms with van der Waals surface area (Å²) in [6.45, 7) is 2.47. The monoisotopic (exact) mass is 257 g/mol. The highest BCUT2D eigenvalue weighted by Crippen LogP contribution is 2.26. The lowest BCUT2D eigenvalue weighted by molar-refractivity contribution is 0.538. The van der Waals surface area contributed by atoms with Crippen molar-refractivity contribution in [2.24, 2.45) is 11.7 Å². The van der Waals surface area contributed by atoms with E-state index in [2.05, 4.69) is 16.6 Å². The summed E-state index contributed by atoms with van der Waals surface area (Å²) < 4.78 is 26.9. The zero-order valence-electron chi connectivity index (χ0n) is 9.94. The zero-order valence-corrected chi connectivity index (χ0v) is 10.8. The summed E-state index contributed by atoms with van der Waals surface area (Å²) in [6.07, 6.45) is 4.43. The summed E-state index contributed by atoms with van der Waals surface area (Å²) in [5.74, 6) is 0.605. The Balaban J connectivity index is 2.08. The summed E-state index contributed by atoms with van der Waals surface area (Å²) in [5, 5.41) is 0. The Hall–Kier alpha value is -0.850. The lowest BCUT2D eigenvalue weighted by atomic mass is 10.1. The number of hydrogen-bond acceptors (Lipinski definition) is 3. The maximum absolute atomic E-state index is 12.1. The fourth-order valence-electron chi connectivity index (χ4n) is 2.29. The van der Waals surface area contributed by atoms with Gasteiger partial charge in [-0.05, 0) is 31.2 Å². The minimum Gasteiger partial charge on any atom is -0.363 e. The molecule has 1 heterocycles. The molecule has 5 nitrogen and oxygen atoms in total. The highest BCUT2D eigenvalue weighted by atomic mass is 32.2. The van der Waals surface area contributed by atoms with Gasteiger partial charge in [0, 0.05) is 24.5 Å². The van der Waals surface area contributed by atoms with Gasteiger partial charge in [0.15, 0.2) is 0 Å². The Morgan fingerprint density at radius 3 is 2.82 bits per heavy atom. The summed E-state index contributed by atoms with van der Waals surface area (Å²) in [7, 11) is -3.39. The van der Waals surface area contributed by atoms with Gasteiger partial charge in [-0.15, -0.1) is 0 Å². The molecule has 4 N–H and O–H groups in total. The predicted octanol–water partition coefficient (Wildman–Crippen LogP) is 0.940. The molecule has 1 fully saturated rings. The van der Waals surface area contributed by atoms with Gasteiger partial charge >= 0.3 is 0 Å². The van der Waals surface area contributed by atoms with Gasteiger partial charge in [-0.3, -0.25) is 0 Å². The summed E-state index contributed by atoms with van der Waals surface area (Å²) in [6, 6.07) is 1.66. The summed E-state index contributed by atoms with van der Waals surface area (Å²) in [5.41, 5.74) is 6.17. The topological polar surface area (TPSA) is 88.0 Å². The Bertz CT molecular complexity index is 481. The van der Waals surface area contributed by atoms with Crippen LogP contribution in [0.5, 0.6) is 0 Å². The molecule has 1 aromatic rings. The normalized spacial score (nSPS) is 25.3. The molecule has 1 aliphatic rings. The Morgan fingerprint density at radius 1 is 1.53 bits per heavy atom. The van der Waals surface area contributed by atoms with Gasteiger partial charge in [0.25, 0.3) is 0 Å². The van der Waals surface area contributed by atoms with Crippen LogP contribution in [0.4, 0.5) is 0 Å². The third-order valence-corrected chi connectivity index (χ3v) is 4.76. The van der Waals surface area contributed by atoms with Gasteiger partial charge < -0.3 is 10.7 Å². The molecule has 2 unspecified atom stereocenters. The van der Waals surface area contributed by atoms with Crippen LogP contribution in [0.1, 0.15) is 31.9 Å². The van der Waals surface area contributed by atoms with Crippen LogP contribution in [-0.4, -0.2) is 19.4 Å². The van der Waals surface area contributed by atoms with Crippen LogP contribution < -0.4 is 10.5 Å². The van der Waals surface area contributed by atoms with E-state index in [0.29, 0.717) is 12.5 Å².